The summed E-state index contributed by atoms with van der Waals surface area (Å²) in [6.07, 6.45) is 2.97. The van der Waals surface area contributed by atoms with Crippen LogP contribution in [-0.2, 0) is 15.3 Å². The molecule has 4 aromatic rings. The Morgan fingerprint density at radius 3 is 2.41 bits per heavy atom. The molecule has 12 heteroatoms. The van der Waals surface area contributed by atoms with Crippen molar-refractivity contribution in [1.29, 1.82) is 0 Å². The number of carbonyl (C=O) groups is 2. The minimum atomic E-state index is -1.01. The van der Waals surface area contributed by atoms with E-state index in [0.29, 0.717) is 45.9 Å². The lowest BCUT2D eigenvalue weighted by molar-refractivity contribution is -0.132. The monoisotopic (exact) mass is 592 g/mol. The molecule has 1 unspecified atom stereocenters. The third kappa shape index (κ3) is 5.93. The van der Waals surface area contributed by atoms with Crippen molar-refractivity contribution in [2.45, 2.75) is 30.0 Å². The molecular formula is C29H25FN4O5S2. The van der Waals surface area contributed by atoms with Gasteiger partial charge in [-0.05, 0) is 61.4 Å². The number of carbonyl (C=O) groups excluding carboxylic acids is 2. The van der Waals surface area contributed by atoms with Crippen LogP contribution in [0.3, 0.4) is 0 Å². The second-order valence-electron chi connectivity index (χ2n) is 8.74. The van der Waals surface area contributed by atoms with Gasteiger partial charge in [-0.3, -0.25) is 19.5 Å². The number of halogens is 1. The Balaban J connectivity index is 1.57. The summed E-state index contributed by atoms with van der Waals surface area (Å²) in [5.74, 6) is -0.888. The third-order valence-corrected chi connectivity index (χ3v) is 8.29. The maximum Gasteiger partial charge on any atom is 0.301 e. The highest BCUT2D eigenvalue weighted by Gasteiger charge is 2.48. The van der Waals surface area contributed by atoms with E-state index in [0.717, 1.165) is 16.9 Å². The Labute approximate surface area is 243 Å². The van der Waals surface area contributed by atoms with E-state index in [1.165, 1.54) is 41.2 Å². The van der Waals surface area contributed by atoms with Crippen LogP contribution in [0.4, 0.5) is 9.52 Å². The highest BCUT2D eigenvalue weighted by molar-refractivity contribution is 8.00. The zero-order valence-corrected chi connectivity index (χ0v) is 23.7. The molecule has 0 saturated carbocycles. The first-order valence-corrected chi connectivity index (χ1v) is 14.5. The number of ketones is 1. The predicted molar refractivity (Wildman–Crippen MR) is 154 cm³/mol. The number of anilines is 1. The Bertz CT molecular complexity index is 1590. The quantitative estimate of drug-likeness (QED) is 0.0804. The van der Waals surface area contributed by atoms with Crippen molar-refractivity contribution in [3.63, 3.8) is 0 Å². The number of pyridine rings is 1. The molecule has 2 aromatic carbocycles. The minimum Gasteiger partial charge on any atom is -0.507 e. The zero-order chi connectivity index (χ0) is 28.9. The molecular weight excluding hydrogens is 567 g/mol. The Morgan fingerprint density at radius 2 is 1.71 bits per heavy atom. The number of Topliss-reactive ketones (excluding diaryl/α,β-unsaturated/α-hetero) is 1. The van der Waals surface area contributed by atoms with Crippen molar-refractivity contribution in [3.05, 3.63) is 95.1 Å². The molecule has 9 nitrogen and oxygen atoms in total. The molecule has 0 aliphatic carbocycles. The van der Waals surface area contributed by atoms with E-state index >= 15 is 0 Å². The molecule has 1 saturated heterocycles. The third-order valence-electron chi connectivity index (χ3n) is 6.16. The largest absolute Gasteiger partial charge is 0.507 e. The molecule has 2 aromatic heterocycles. The van der Waals surface area contributed by atoms with Crippen LogP contribution in [0.15, 0.2) is 76.9 Å². The van der Waals surface area contributed by atoms with Gasteiger partial charge in [-0.1, -0.05) is 41.3 Å². The molecule has 41 heavy (non-hydrogen) atoms. The van der Waals surface area contributed by atoms with E-state index in [2.05, 4.69) is 15.2 Å². The van der Waals surface area contributed by atoms with Gasteiger partial charge in [0, 0.05) is 23.7 Å². The molecule has 1 aliphatic heterocycles. The second kappa shape index (κ2) is 12.5. The first kappa shape index (κ1) is 28.2. The van der Waals surface area contributed by atoms with Crippen molar-refractivity contribution < 1.29 is 28.6 Å². The van der Waals surface area contributed by atoms with Gasteiger partial charge in [0.15, 0.2) is 15.8 Å². The lowest BCUT2D eigenvalue weighted by Crippen LogP contribution is -2.29. The van der Waals surface area contributed by atoms with Crippen molar-refractivity contribution in [3.8, 4) is 11.5 Å². The summed E-state index contributed by atoms with van der Waals surface area (Å²) in [5, 5.41) is 19.9. The Hall–Kier alpha value is -4.29. The highest BCUT2D eigenvalue weighted by atomic mass is 32.2. The number of rotatable bonds is 10. The summed E-state index contributed by atoms with van der Waals surface area (Å²) in [7, 11) is 0. The number of aliphatic hydroxyl groups is 1. The summed E-state index contributed by atoms with van der Waals surface area (Å²) < 4.78 is 25.3. The van der Waals surface area contributed by atoms with Crippen LogP contribution in [0.5, 0.6) is 11.5 Å². The molecule has 5 rings (SSSR count). The fourth-order valence-electron chi connectivity index (χ4n) is 4.33. The molecule has 0 radical (unpaired) electrons. The number of hydrogen-bond donors (Lipinski definition) is 1. The number of ether oxygens (including phenoxy) is 2. The van der Waals surface area contributed by atoms with Crippen LogP contribution in [0.25, 0.3) is 5.76 Å². The SMILES string of the molecule is CCOc1ccc(C2C(=C(O)c3ccncc3)C(=O)C(=O)N2c2nnc(SCc3ccc(F)cc3)s2)cc1OCC. The van der Waals surface area contributed by atoms with Crippen LogP contribution in [0, 0.1) is 5.82 Å². The predicted octanol–water partition coefficient (Wildman–Crippen LogP) is 5.79. The van der Waals surface area contributed by atoms with Gasteiger partial charge < -0.3 is 14.6 Å². The Kier molecular flexibility index (Phi) is 8.60. The van der Waals surface area contributed by atoms with E-state index in [1.807, 2.05) is 13.8 Å². The van der Waals surface area contributed by atoms with Gasteiger partial charge in [0.05, 0.1) is 24.8 Å². The maximum absolute atomic E-state index is 13.5. The van der Waals surface area contributed by atoms with Crippen LogP contribution in [-0.4, -0.2) is 45.2 Å². The Morgan fingerprint density at radius 1 is 1.00 bits per heavy atom. The van der Waals surface area contributed by atoms with Crippen LogP contribution in [0.1, 0.15) is 36.6 Å². The van der Waals surface area contributed by atoms with Gasteiger partial charge in [0.2, 0.25) is 5.13 Å². The van der Waals surface area contributed by atoms with Crippen molar-refractivity contribution in [2.75, 3.05) is 18.1 Å². The zero-order valence-electron chi connectivity index (χ0n) is 22.1. The number of thioether (sulfide) groups is 1. The average molecular weight is 593 g/mol. The fourth-order valence-corrected chi connectivity index (χ4v) is 6.16. The van der Waals surface area contributed by atoms with Crippen LogP contribution in [0.2, 0.25) is 0 Å². The summed E-state index contributed by atoms with van der Waals surface area (Å²) >= 11 is 2.51. The minimum absolute atomic E-state index is 0.0940. The number of aliphatic hydroxyl groups excluding tert-OH is 1. The summed E-state index contributed by atoms with van der Waals surface area (Å²) in [6, 6.07) is 13.4. The molecule has 1 fully saturated rings. The van der Waals surface area contributed by atoms with E-state index in [4.69, 9.17) is 9.47 Å². The number of benzene rings is 2. The van der Waals surface area contributed by atoms with E-state index in [1.54, 1.807) is 42.5 Å². The number of aromatic nitrogens is 3. The van der Waals surface area contributed by atoms with Crippen molar-refractivity contribution in [1.82, 2.24) is 15.2 Å². The van der Waals surface area contributed by atoms with E-state index < -0.39 is 17.7 Å². The van der Waals surface area contributed by atoms with Gasteiger partial charge in [-0.15, -0.1) is 10.2 Å². The van der Waals surface area contributed by atoms with Gasteiger partial charge in [-0.25, -0.2) is 4.39 Å². The summed E-state index contributed by atoms with van der Waals surface area (Å²) in [5.41, 5.74) is 1.65. The second-order valence-corrected chi connectivity index (χ2v) is 10.9. The van der Waals surface area contributed by atoms with Crippen molar-refractivity contribution >= 4 is 45.7 Å². The van der Waals surface area contributed by atoms with Crippen LogP contribution >= 0.6 is 23.1 Å². The molecule has 3 heterocycles. The molecule has 1 amide bonds. The summed E-state index contributed by atoms with van der Waals surface area (Å²) in [6.45, 7) is 4.48. The van der Waals surface area contributed by atoms with Gasteiger partial charge in [-0.2, -0.15) is 0 Å². The number of nitrogens with zero attached hydrogens (tertiary/aromatic N) is 4. The molecule has 0 spiro atoms. The first-order chi connectivity index (χ1) is 19.9. The highest BCUT2D eigenvalue weighted by Crippen LogP contribution is 2.45. The smallest absolute Gasteiger partial charge is 0.301 e. The molecule has 1 atom stereocenters. The van der Waals surface area contributed by atoms with Crippen molar-refractivity contribution in [2.24, 2.45) is 0 Å². The standard InChI is InChI=1S/C29H25FN4O5S2/c1-3-38-21-10-7-19(15-22(21)39-4-2)24-23(25(35)18-11-13-31-14-12-18)26(36)27(37)34(24)28-32-33-29(41-28)40-16-17-5-8-20(30)9-6-17/h5-15,24,35H,3-4,16H2,1-2H3. The molecule has 0 bridgehead atoms. The summed E-state index contributed by atoms with van der Waals surface area (Å²) in [4.78, 5) is 32.2. The fraction of sp³-hybridized carbons (Fsp3) is 0.207. The molecule has 210 valence electrons. The van der Waals surface area contributed by atoms with Gasteiger partial charge >= 0.3 is 5.91 Å². The number of amides is 1. The van der Waals surface area contributed by atoms with E-state index in [9.17, 15) is 19.1 Å². The lowest BCUT2D eigenvalue weighted by Gasteiger charge is -2.23. The number of hydrogen-bond acceptors (Lipinski definition) is 10. The molecule has 1 N–H and O–H groups in total. The topological polar surface area (TPSA) is 115 Å². The normalized spacial score (nSPS) is 16.3. The lowest BCUT2D eigenvalue weighted by atomic mass is 9.95. The van der Waals surface area contributed by atoms with Gasteiger partial charge in [0.1, 0.15) is 11.6 Å². The first-order valence-electron chi connectivity index (χ1n) is 12.7. The maximum atomic E-state index is 13.5. The van der Waals surface area contributed by atoms with E-state index in [-0.39, 0.29) is 22.3 Å². The van der Waals surface area contributed by atoms with Crippen LogP contribution < -0.4 is 14.4 Å². The molecule has 1 aliphatic rings. The average Bonchev–Trinajstić information content (AvgIpc) is 3.56. The van der Waals surface area contributed by atoms with Gasteiger partial charge in [0.25, 0.3) is 5.78 Å².